The molecule has 0 aromatic rings. The average Bonchev–Trinajstić information content (AvgIpc) is 3.77. The van der Waals surface area contributed by atoms with Gasteiger partial charge in [-0.3, -0.25) is 4.79 Å². The highest BCUT2D eigenvalue weighted by molar-refractivity contribution is 5.79. The fourth-order valence-electron chi connectivity index (χ4n) is 11.3. The fourth-order valence-corrected chi connectivity index (χ4v) is 11.3. The van der Waals surface area contributed by atoms with E-state index in [9.17, 15) is 9.90 Å². The largest absolute Gasteiger partial charge is 0.392 e. The molecule has 11 heteroatoms. The normalized spacial score (nSPS) is 53.2. The number of carbonyl (C=O) groups is 1. The molecule has 10 fully saturated rings. The third-order valence-electron chi connectivity index (χ3n) is 14.2. The topological polar surface area (TPSA) is 137 Å². The van der Waals surface area contributed by atoms with Gasteiger partial charge < -0.3 is 48.7 Å². The molecule has 0 aromatic carbocycles. The molecular formula is C40H59NO10. The van der Waals surface area contributed by atoms with E-state index < -0.39 is 11.9 Å². The van der Waals surface area contributed by atoms with Crippen LogP contribution in [0.1, 0.15) is 97.3 Å². The molecule has 0 aliphatic carbocycles. The number of carbonyl (C=O) groups excluding carboxylic acids is 1. The molecule has 2 unspecified atom stereocenters. The number of aliphatic hydroxyl groups excluding tert-OH is 1. The molecule has 0 saturated carbocycles. The van der Waals surface area contributed by atoms with E-state index in [2.05, 4.69) is 27.0 Å². The van der Waals surface area contributed by atoms with Crippen molar-refractivity contribution >= 4 is 5.78 Å². The third-order valence-corrected chi connectivity index (χ3v) is 14.2. The van der Waals surface area contributed by atoms with Crippen LogP contribution in [0.5, 0.6) is 0 Å². The number of hydrogen-bond acceptors (Lipinski definition) is 11. The minimum Gasteiger partial charge on any atom is -0.392 e. The first-order chi connectivity index (χ1) is 24.6. The number of hydrogen-bond donors (Lipinski definition) is 2. The fraction of sp³-hybridized carbons (Fsp3) is 0.875. The monoisotopic (exact) mass is 713 g/mol. The van der Waals surface area contributed by atoms with E-state index in [0.29, 0.717) is 44.4 Å². The van der Waals surface area contributed by atoms with E-state index in [4.69, 9.17) is 43.6 Å². The average molecular weight is 714 g/mol. The first kappa shape index (κ1) is 35.5. The van der Waals surface area contributed by atoms with Crippen LogP contribution in [0.4, 0.5) is 0 Å². The molecule has 3 N–H and O–H groups in total. The van der Waals surface area contributed by atoms with Gasteiger partial charge in [-0.05, 0) is 73.8 Å². The summed E-state index contributed by atoms with van der Waals surface area (Å²) in [5.41, 5.74) is 8.06. The standard InChI is InChI=1S/C40H59NO10/c1-19-11-25-5-7-29-20(2)12-27(44-29)9-10-40-17-34-36(50-40)37-38(49-34)39(51-40)35-30(48-37)8-6-26(46-35)13-23(42)14-28-22(4)31(15-24(43)18-41)47-33(28)16-32(45-25)21(19)3/h19,22,24-39,43H,2-3,5-18,41H2,1,4H3/t19-,22-,24+,25+,26-,27+,28-,29?,30+,31-,32?,33+,34-,35+,36+,37+,38-,39+,40+/m1/s1. The van der Waals surface area contributed by atoms with Crippen molar-refractivity contribution < 1.29 is 47.8 Å². The molecule has 10 rings (SSSR count). The number of rotatable bonds is 3. The Hall–Kier alpha value is -1.25. The summed E-state index contributed by atoms with van der Waals surface area (Å²) in [4.78, 5) is 14.0. The van der Waals surface area contributed by atoms with Gasteiger partial charge in [0.05, 0.1) is 61.0 Å². The minimum atomic E-state index is -0.765. The second-order valence-electron chi connectivity index (χ2n) is 17.6. The summed E-state index contributed by atoms with van der Waals surface area (Å²) in [6, 6.07) is 0. The summed E-state index contributed by atoms with van der Waals surface area (Å²) < 4.78 is 54.0. The maximum Gasteiger partial charge on any atom is 0.172 e. The molecule has 19 atom stereocenters. The lowest BCUT2D eigenvalue weighted by atomic mass is 9.78. The minimum absolute atomic E-state index is 0.00127. The van der Waals surface area contributed by atoms with E-state index in [-0.39, 0.29) is 110 Å². The number of ether oxygens (including phenoxy) is 8. The molecule has 12 bridgehead atoms. The molecule has 10 aliphatic heterocycles. The molecule has 11 nitrogen and oxygen atoms in total. The number of ketones is 1. The van der Waals surface area contributed by atoms with Crippen molar-refractivity contribution in [1.82, 2.24) is 0 Å². The summed E-state index contributed by atoms with van der Waals surface area (Å²) >= 11 is 0. The molecule has 0 amide bonds. The lowest BCUT2D eigenvalue weighted by Crippen LogP contribution is -2.61. The maximum absolute atomic E-state index is 14.0. The Bertz CT molecular complexity index is 1360. The summed E-state index contributed by atoms with van der Waals surface area (Å²) in [6.45, 7) is 13.5. The molecule has 1 spiro atoms. The van der Waals surface area contributed by atoms with Crippen molar-refractivity contribution in [2.75, 3.05) is 6.54 Å². The summed E-state index contributed by atoms with van der Waals surface area (Å²) in [5, 5.41) is 10.5. The van der Waals surface area contributed by atoms with Crippen LogP contribution in [0.15, 0.2) is 24.3 Å². The first-order valence-electron chi connectivity index (χ1n) is 20.1. The van der Waals surface area contributed by atoms with Crippen LogP contribution in [-0.2, 0) is 42.7 Å². The molecular weight excluding hydrogens is 654 g/mol. The predicted octanol–water partition coefficient (Wildman–Crippen LogP) is 4.06. The lowest BCUT2D eigenvalue weighted by molar-refractivity contribution is -0.292. The Morgan fingerprint density at radius 3 is 2.35 bits per heavy atom. The molecule has 284 valence electrons. The van der Waals surface area contributed by atoms with Crippen LogP contribution in [0.25, 0.3) is 0 Å². The Morgan fingerprint density at radius 1 is 0.765 bits per heavy atom. The van der Waals surface area contributed by atoms with Crippen molar-refractivity contribution in [3.05, 3.63) is 24.3 Å². The highest BCUT2D eigenvalue weighted by Gasteiger charge is 2.68. The quantitative estimate of drug-likeness (QED) is 0.410. The van der Waals surface area contributed by atoms with E-state index >= 15 is 0 Å². The van der Waals surface area contributed by atoms with Crippen molar-refractivity contribution in [3.63, 3.8) is 0 Å². The van der Waals surface area contributed by atoms with E-state index in [0.717, 1.165) is 56.1 Å². The van der Waals surface area contributed by atoms with E-state index in [1.807, 2.05) is 0 Å². The highest BCUT2D eigenvalue weighted by Crippen LogP contribution is 2.54. The highest BCUT2D eigenvalue weighted by atomic mass is 16.8. The maximum atomic E-state index is 14.0. The Labute approximate surface area is 302 Å². The predicted molar refractivity (Wildman–Crippen MR) is 185 cm³/mol. The van der Waals surface area contributed by atoms with Gasteiger partial charge in [-0.2, -0.15) is 0 Å². The number of Topliss-reactive ketones (excluding diaryl/α,β-unsaturated/α-hetero) is 1. The second-order valence-corrected chi connectivity index (χ2v) is 17.6. The molecule has 0 radical (unpaired) electrons. The van der Waals surface area contributed by atoms with Gasteiger partial charge in [0.25, 0.3) is 0 Å². The third kappa shape index (κ3) is 6.53. The van der Waals surface area contributed by atoms with Crippen molar-refractivity contribution in [2.45, 2.75) is 195 Å². The van der Waals surface area contributed by atoms with Crippen LogP contribution in [-0.4, -0.2) is 115 Å². The van der Waals surface area contributed by atoms with E-state index in [1.54, 1.807) is 0 Å². The van der Waals surface area contributed by atoms with Gasteiger partial charge in [0.15, 0.2) is 5.79 Å². The molecule has 51 heavy (non-hydrogen) atoms. The van der Waals surface area contributed by atoms with Crippen molar-refractivity contribution in [1.29, 1.82) is 0 Å². The lowest BCUT2D eigenvalue weighted by Gasteiger charge is -2.47. The second kappa shape index (κ2) is 13.8. The summed E-state index contributed by atoms with van der Waals surface area (Å²) in [5.74, 6) is -0.222. The van der Waals surface area contributed by atoms with Crippen molar-refractivity contribution in [3.8, 4) is 0 Å². The summed E-state index contributed by atoms with van der Waals surface area (Å²) in [6.07, 6.45) is 6.43. The number of fused-ring (bicyclic) bond motifs is 6. The SMILES string of the molecule is C=C1C[C@@H]2CC[C@@]34C[C@H]5O[C@H]6[C@@H](O3)[C@H]3O[C@H](CC[C@@H]3O[C@H]6[C@H]5O4)CC(=O)C[C@@H]3[C@@H](C)[C@@H](C[C@H](O)CN)O[C@H]3CC3O[C@@H](CCC1O2)C[C@@H](C)C3=C. The van der Waals surface area contributed by atoms with Crippen LogP contribution in [0.2, 0.25) is 0 Å². The van der Waals surface area contributed by atoms with Gasteiger partial charge in [-0.1, -0.05) is 27.0 Å². The van der Waals surface area contributed by atoms with Crippen LogP contribution in [0.3, 0.4) is 0 Å². The zero-order chi connectivity index (χ0) is 35.2. The first-order valence-corrected chi connectivity index (χ1v) is 20.1. The van der Waals surface area contributed by atoms with Crippen LogP contribution < -0.4 is 5.73 Å². The summed E-state index contributed by atoms with van der Waals surface area (Å²) in [7, 11) is 0. The zero-order valence-corrected chi connectivity index (χ0v) is 30.4. The Morgan fingerprint density at radius 2 is 1.51 bits per heavy atom. The van der Waals surface area contributed by atoms with Gasteiger partial charge in [0, 0.05) is 45.1 Å². The Balaban J connectivity index is 0.986. The van der Waals surface area contributed by atoms with Crippen molar-refractivity contribution in [2.24, 2.45) is 23.5 Å². The molecule has 0 aromatic heterocycles. The Kier molecular flexibility index (Phi) is 9.59. The van der Waals surface area contributed by atoms with Gasteiger partial charge >= 0.3 is 0 Å². The zero-order valence-electron chi connectivity index (χ0n) is 30.4. The van der Waals surface area contributed by atoms with Gasteiger partial charge in [0.2, 0.25) is 0 Å². The van der Waals surface area contributed by atoms with Gasteiger partial charge in [-0.25, -0.2) is 0 Å². The molecule has 10 saturated heterocycles. The number of aliphatic hydroxyl groups is 1. The van der Waals surface area contributed by atoms with E-state index in [1.165, 1.54) is 0 Å². The number of nitrogens with two attached hydrogens (primary N) is 1. The smallest absolute Gasteiger partial charge is 0.172 e. The molecule has 10 aliphatic rings. The van der Waals surface area contributed by atoms with Gasteiger partial charge in [-0.15, -0.1) is 0 Å². The van der Waals surface area contributed by atoms with Crippen LogP contribution >= 0.6 is 0 Å². The van der Waals surface area contributed by atoms with Gasteiger partial charge in [0.1, 0.15) is 36.3 Å². The van der Waals surface area contributed by atoms with Crippen LogP contribution in [0, 0.1) is 17.8 Å². The molecule has 10 heterocycles.